The van der Waals surface area contributed by atoms with E-state index in [-0.39, 0.29) is 27.0 Å². The number of aromatic nitrogens is 6. The molecule has 3 heterocycles. The number of aryl methyl sites for hydroxylation is 2. The predicted octanol–water partition coefficient (Wildman–Crippen LogP) is 2.67. The van der Waals surface area contributed by atoms with Gasteiger partial charge in [-0.15, -0.1) is 0 Å². The summed E-state index contributed by atoms with van der Waals surface area (Å²) < 4.78 is 17.2. The first-order valence-electron chi connectivity index (χ1n) is 9.48. The summed E-state index contributed by atoms with van der Waals surface area (Å²) in [6.07, 6.45) is 2.40. The van der Waals surface area contributed by atoms with Crippen LogP contribution in [0.2, 0.25) is 0 Å². The minimum atomic E-state index is -0.531. The summed E-state index contributed by atoms with van der Waals surface area (Å²) in [5.74, 6) is -0.103. The molecule has 3 aromatic heterocycles. The first kappa shape index (κ1) is 21.1. The zero-order valence-electron chi connectivity index (χ0n) is 17.1. The van der Waals surface area contributed by atoms with Crippen LogP contribution >= 0.6 is 11.8 Å². The Morgan fingerprint density at radius 1 is 1.14 bits per heavy atom. The first-order valence-corrected chi connectivity index (χ1v) is 10.3. The molecule has 0 N–H and O–H groups in total. The molecule has 0 amide bonds. The lowest BCUT2D eigenvalue weighted by atomic mass is 10.2. The molecule has 29 heavy (non-hydrogen) atoms. The zero-order valence-corrected chi connectivity index (χ0v) is 17.9. The Bertz CT molecular complexity index is 1190. The molecule has 0 unspecified atom stereocenters. The predicted molar refractivity (Wildman–Crippen MR) is 109 cm³/mol. The summed E-state index contributed by atoms with van der Waals surface area (Å²) in [6, 6.07) is 0. The highest BCUT2D eigenvalue weighted by Gasteiger charge is 2.22. The van der Waals surface area contributed by atoms with Crippen LogP contribution in [0.3, 0.4) is 0 Å². The molecule has 0 radical (unpaired) electrons. The van der Waals surface area contributed by atoms with Gasteiger partial charge in [-0.3, -0.25) is 13.9 Å². The van der Waals surface area contributed by atoms with Crippen LogP contribution in [0.1, 0.15) is 51.6 Å². The standard InChI is InChI=1S/C19H23FN6O2S/c1-6-8-26-15-12(18(27)25(5)19(26)28)16(24-14(23-15)10(3)4)29-17-13(20)11(7-2)21-9-22-17/h9-10H,6-8H2,1-5H3. The molecular formula is C19H23FN6O2S. The van der Waals surface area contributed by atoms with Crippen molar-refractivity contribution >= 4 is 22.8 Å². The van der Waals surface area contributed by atoms with Gasteiger partial charge in [-0.2, -0.15) is 0 Å². The fraction of sp³-hybridized carbons (Fsp3) is 0.474. The highest BCUT2D eigenvalue weighted by atomic mass is 32.2. The van der Waals surface area contributed by atoms with Crippen molar-refractivity contribution in [3.05, 3.63) is 44.5 Å². The second-order valence-corrected chi connectivity index (χ2v) is 7.91. The van der Waals surface area contributed by atoms with Gasteiger partial charge in [0.1, 0.15) is 27.6 Å². The van der Waals surface area contributed by atoms with E-state index in [1.807, 2.05) is 20.8 Å². The van der Waals surface area contributed by atoms with Crippen molar-refractivity contribution in [2.75, 3.05) is 0 Å². The Labute approximate surface area is 171 Å². The quantitative estimate of drug-likeness (QED) is 0.568. The molecule has 154 valence electrons. The van der Waals surface area contributed by atoms with Gasteiger partial charge in [0, 0.05) is 19.5 Å². The molecule has 0 fully saturated rings. The molecule has 0 saturated heterocycles. The van der Waals surface area contributed by atoms with Gasteiger partial charge < -0.3 is 0 Å². The van der Waals surface area contributed by atoms with E-state index in [0.29, 0.717) is 30.9 Å². The Balaban J connectivity index is 2.37. The van der Waals surface area contributed by atoms with E-state index in [2.05, 4.69) is 19.9 Å². The lowest BCUT2D eigenvalue weighted by Gasteiger charge is -2.15. The van der Waals surface area contributed by atoms with E-state index in [1.165, 1.54) is 17.9 Å². The van der Waals surface area contributed by atoms with Gasteiger partial charge in [0.2, 0.25) is 0 Å². The SMILES string of the molecule is CCCn1c(=O)n(C)c(=O)c2c(Sc3ncnc(CC)c3F)nc(C(C)C)nc21. The molecule has 0 atom stereocenters. The van der Waals surface area contributed by atoms with Crippen molar-refractivity contribution in [2.24, 2.45) is 7.05 Å². The normalized spacial score (nSPS) is 11.6. The van der Waals surface area contributed by atoms with Gasteiger partial charge in [-0.05, 0) is 24.6 Å². The number of hydrogen-bond donors (Lipinski definition) is 0. The molecule has 10 heteroatoms. The van der Waals surface area contributed by atoms with Crippen LogP contribution in [0, 0.1) is 5.82 Å². The smallest absolute Gasteiger partial charge is 0.277 e. The molecule has 8 nitrogen and oxygen atoms in total. The van der Waals surface area contributed by atoms with Crippen molar-refractivity contribution in [3.63, 3.8) is 0 Å². The molecule has 0 saturated carbocycles. The van der Waals surface area contributed by atoms with Crippen molar-refractivity contribution in [1.82, 2.24) is 29.1 Å². The molecule has 0 bridgehead atoms. The van der Waals surface area contributed by atoms with Gasteiger partial charge in [-0.25, -0.2) is 29.1 Å². The number of hydrogen-bond acceptors (Lipinski definition) is 7. The fourth-order valence-corrected chi connectivity index (χ4v) is 3.82. The van der Waals surface area contributed by atoms with Gasteiger partial charge in [-0.1, -0.05) is 27.7 Å². The maximum absolute atomic E-state index is 14.7. The summed E-state index contributed by atoms with van der Waals surface area (Å²) in [7, 11) is 1.42. The number of halogens is 1. The van der Waals surface area contributed by atoms with E-state index in [1.54, 1.807) is 6.92 Å². The van der Waals surface area contributed by atoms with Gasteiger partial charge in [0.15, 0.2) is 11.5 Å². The Morgan fingerprint density at radius 3 is 2.48 bits per heavy atom. The summed E-state index contributed by atoms with van der Waals surface area (Å²) in [5.41, 5.74) is -0.386. The first-order chi connectivity index (χ1) is 13.8. The number of fused-ring (bicyclic) bond motifs is 1. The fourth-order valence-electron chi connectivity index (χ4n) is 2.91. The molecule has 0 aliphatic heterocycles. The van der Waals surface area contributed by atoms with Crippen LogP contribution in [0.5, 0.6) is 0 Å². The van der Waals surface area contributed by atoms with Crippen LogP contribution in [0.4, 0.5) is 4.39 Å². The van der Waals surface area contributed by atoms with Crippen molar-refractivity contribution in [1.29, 1.82) is 0 Å². The molecule has 0 aromatic carbocycles. The third kappa shape index (κ3) is 3.81. The van der Waals surface area contributed by atoms with Gasteiger partial charge in [0.05, 0.1) is 5.69 Å². The molecule has 3 aromatic rings. The van der Waals surface area contributed by atoms with Crippen molar-refractivity contribution in [2.45, 2.75) is 63.1 Å². The van der Waals surface area contributed by atoms with Crippen molar-refractivity contribution < 1.29 is 4.39 Å². The van der Waals surface area contributed by atoms with E-state index in [4.69, 9.17) is 0 Å². The Morgan fingerprint density at radius 2 is 1.86 bits per heavy atom. The lowest BCUT2D eigenvalue weighted by Crippen LogP contribution is -2.39. The summed E-state index contributed by atoms with van der Waals surface area (Å²) in [6.45, 7) is 7.98. The average Bonchev–Trinajstić information content (AvgIpc) is 2.70. The van der Waals surface area contributed by atoms with Crippen molar-refractivity contribution in [3.8, 4) is 0 Å². The van der Waals surface area contributed by atoms with Crippen LogP contribution in [0.15, 0.2) is 26.0 Å². The molecule has 0 aliphatic carbocycles. The number of rotatable bonds is 6. The van der Waals surface area contributed by atoms with Gasteiger partial charge >= 0.3 is 5.69 Å². The maximum Gasteiger partial charge on any atom is 0.332 e. The highest BCUT2D eigenvalue weighted by Crippen LogP contribution is 2.31. The van der Waals surface area contributed by atoms with E-state index < -0.39 is 17.1 Å². The van der Waals surface area contributed by atoms with Gasteiger partial charge in [0.25, 0.3) is 5.56 Å². The second-order valence-electron chi connectivity index (χ2n) is 6.93. The summed E-state index contributed by atoms with van der Waals surface area (Å²) in [4.78, 5) is 42.6. The topological polar surface area (TPSA) is 95.6 Å². The summed E-state index contributed by atoms with van der Waals surface area (Å²) in [5, 5.41) is 0.552. The second kappa shape index (κ2) is 8.40. The number of nitrogens with zero attached hydrogens (tertiary/aromatic N) is 6. The third-order valence-electron chi connectivity index (χ3n) is 4.49. The van der Waals surface area contributed by atoms with Crippen LogP contribution in [-0.2, 0) is 20.0 Å². The van der Waals surface area contributed by atoms with E-state index >= 15 is 0 Å². The summed E-state index contributed by atoms with van der Waals surface area (Å²) >= 11 is 0.954. The Hall–Kier alpha value is -2.62. The monoisotopic (exact) mass is 418 g/mol. The minimum Gasteiger partial charge on any atom is -0.277 e. The third-order valence-corrected chi connectivity index (χ3v) is 5.45. The van der Waals surface area contributed by atoms with Crippen LogP contribution in [-0.4, -0.2) is 29.1 Å². The van der Waals surface area contributed by atoms with E-state index in [0.717, 1.165) is 16.3 Å². The molecule has 3 rings (SSSR count). The average molecular weight is 418 g/mol. The molecule has 0 spiro atoms. The van der Waals surface area contributed by atoms with Crippen LogP contribution in [0.25, 0.3) is 11.0 Å². The largest absolute Gasteiger partial charge is 0.332 e. The lowest BCUT2D eigenvalue weighted by molar-refractivity contribution is 0.559. The van der Waals surface area contributed by atoms with E-state index in [9.17, 15) is 14.0 Å². The Kier molecular flexibility index (Phi) is 6.11. The molecular weight excluding hydrogens is 395 g/mol. The highest BCUT2D eigenvalue weighted by molar-refractivity contribution is 7.99. The molecule has 0 aliphatic rings. The minimum absolute atomic E-state index is 0.0468. The zero-order chi connectivity index (χ0) is 21.3. The maximum atomic E-state index is 14.7. The van der Waals surface area contributed by atoms with Crippen LogP contribution < -0.4 is 11.2 Å².